The zero-order valence-corrected chi connectivity index (χ0v) is 27.8. The monoisotopic (exact) mass is 678 g/mol. The van der Waals surface area contributed by atoms with Crippen molar-refractivity contribution in [2.24, 2.45) is 5.92 Å². The first-order chi connectivity index (χ1) is 21.0. The summed E-state index contributed by atoms with van der Waals surface area (Å²) in [5.41, 5.74) is 0. The predicted molar refractivity (Wildman–Crippen MR) is 174 cm³/mol. The summed E-state index contributed by atoms with van der Waals surface area (Å²) in [6.45, 7) is 5.35. The van der Waals surface area contributed by atoms with Crippen LogP contribution in [0.25, 0.3) is 10.1 Å². The molecular weight excluding hydrogens is 643 g/mol. The van der Waals surface area contributed by atoms with Gasteiger partial charge < -0.3 is 15.1 Å². The molecular formula is C31H36Cl2N4O5S2. The van der Waals surface area contributed by atoms with Gasteiger partial charge in [0, 0.05) is 42.4 Å². The smallest absolute Gasteiger partial charge is 0.262 e. The van der Waals surface area contributed by atoms with Gasteiger partial charge in [0.2, 0.25) is 21.8 Å². The van der Waals surface area contributed by atoms with Crippen molar-refractivity contribution in [1.29, 1.82) is 0 Å². The van der Waals surface area contributed by atoms with Crippen LogP contribution in [-0.4, -0.2) is 85.1 Å². The number of sulfonamides is 1. The minimum absolute atomic E-state index is 0.0109. The lowest BCUT2D eigenvalue weighted by atomic mass is 10.0. The van der Waals surface area contributed by atoms with Crippen LogP contribution in [0.4, 0.5) is 0 Å². The first kappa shape index (κ1) is 32.7. The Labute approximate surface area is 272 Å². The van der Waals surface area contributed by atoms with E-state index in [1.807, 2.05) is 44.2 Å². The second kappa shape index (κ2) is 13.7. The minimum Gasteiger partial charge on any atom is -0.340 e. The van der Waals surface area contributed by atoms with Crippen molar-refractivity contribution in [3.8, 4) is 0 Å². The number of halogens is 2. The molecule has 0 bridgehead atoms. The maximum atomic E-state index is 13.7. The Bertz CT molecular complexity index is 1620. The second-order valence-electron chi connectivity index (χ2n) is 11.7. The van der Waals surface area contributed by atoms with Gasteiger partial charge in [-0.15, -0.1) is 11.3 Å². The predicted octanol–water partition coefficient (Wildman–Crippen LogP) is 5.27. The summed E-state index contributed by atoms with van der Waals surface area (Å²) >= 11 is 13.6. The normalized spacial score (nSPS) is 18.9. The highest BCUT2D eigenvalue weighted by atomic mass is 35.5. The van der Waals surface area contributed by atoms with Crippen LogP contribution in [0.1, 0.15) is 49.2 Å². The van der Waals surface area contributed by atoms with E-state index >= 15 is 0 Å². The van der Waals surface area contributed by atoms with Crippen LogP contribution < -0.4 is 5.32 Å². The van der Waals surface area contributed by atoms with Crippen molar-refractivity contribution in [3.63, 3.8) is 0 Å². The lowest BCUT2D eigenvalue weighted by molar-refractivity contribution is -0.143. The molecule has 3 amide bonds. The Hall–Kier alpha value is -2.70. The van der Waals surface area contributed by atoms with Crippen molar-refractivity contribution in [1.82, 2.24) is 19.4 Å². The maximum Gasteiger partial charge on any atom is 0.262 e. The van der Waals surface area contributed by atoms with Crippen molar-refractivity contribution in [3.05, 3.63) is 63.5 Å². The van der Waals surface area contributed by atoms with Crippen molar-refractivity contribution >= 4 is 72.4 Å². The number of thiophene rings is 1. The Morgan fingerprint density at radius 1 is 0.955 bits per heavy atom. The Balaban J connectivity index is 1.24. The van der Waals surface area contributed by atoms with Crippen LogP contribution >= 0.6 is 34.5 Å². The molecule has 2 atom stereocenters. The van der Waals surface area contributed by atoms with Crippen LogP contribution in [0.3, 0.4) is 0 Å². The number of hydrogen-bond acceptors (Lipinski definition) is 6. The number of fused-ring (bicyclic) bond motifs is 1. The number of piperidine rings is 1. The molecule has 2 aliphatic heterocycles. The largest absolute Gasteiger partial charge is 0.340 e. The van der Waals surface area contributed by atoms with Gasteiger partial charge in [0.1, 0.15) is 17.0 Å². The molecule has 2 aliphatic rings. The van der Waals surface area contributed by atoms with Gasteiger partial charge in [0.05, 0.1) is 9.90 Å². The summed E-state index contributed by atoms with van der Waals surface area (Å²) in [4.78, 5) is 44.3. The molecule has 2 fully saturated rings. The molecule has 0 spiro atoms. The van der Waals surface area contributed by atoms with E-state index in [2.05, 4.69) is 5.32 Å². The molecule has 0 radical (unpaired) electrons. The first-order valence-electron chi connectivity index (χ1n) is 14.8. The van der Waals surface area contributed by atoms with E-state index in [4.69, 9.17) is 23.2 Å². The number of amides is 3. The number of nitrogens with zero attached hydrogens (tertiary/aromatic N) is 3. The highest BCUT2D eigenvalue weighted by molar-refractivity contribution is 7.89. The summed E-state index contributed by atoms with van der Waals surface area (Å²) in [7, 11) is -4.04. The molecule has 0 saturated carbocycles. The average Bonchev–Trinajstić information content (AvgIpc) is 3.44. The van der Waals surface area contributed by atoms with Gasteiger partial charge in [0.15, 0.2) is 0 Å². The Kier molecular flexibility index (Phi) is 10.2. The highest BCUT2D eigenvalue weighted by Gasteiger charge is 2.41. The summed E-state index contributed by atoms with van der Waals surface area (Å²) in [5, 5.41) is 4.28. The third kappa shape index (κ3) is 7.07. The zero-order chi connectivity index (χ0) is 31.6. The molecule has 2 aromatic carbocycles. The molecule has 3 aromatic rings. The topological polar surface area (TPSA) is 107 Å². The molecule has 0 aliphatic carbocycles. The fourth-order valence-electron chi connectivity index (χ4n) is 5.84. The summed E-state index contributed by atoms with van der Waals surface area (Å²) < 4.78 is 29.5. The third-order valence-corrected chi connectivity index (χ3v) is 11.8. The zero-order valence-electron chi connectivity index (χ0n) is 24.7. The second-order valence-corrected chi connectivity index (χ2v) is 15.4. The van der Waals surface area contributed by atoms with Gasteiger partial charge in [-0.1, -0.05) is 61.7 Å². The number of nitrogens with one attached hydrogen (secondary N) is 1. The van der Waals surface area contributed by atoms with Crippen molar-refractivity contribution < 1.29 is 22.8 Å². The Morgan fingerprint density at radius 3 is 2.34 bits per heavy atom. The van der Waals surface area contributed by atoms with Crippen LogP contribution in [-0.2, 0) is 19.6 Å². The van der Waals surface area contributed by atoms with Gasteiger partial charge in [-0.25, -0.2) is 8.42 Å². The Morgan fingerprint density at radius 2 is 1.66 bits per heavy atom. The fourth-order valence-corrected chi connectivity index (χ4v) is 9.21. The lowest BCUT2D eigenvalue weighted by Crippen LogP contribution is -2.59. The lowest BCUT2D eigenvalue weighted by Gasteiger charge is -2.41. The highest BCUT2D eigenvalue weighted by Crippen LogP contribution is 2.32. The van der Waals surface area contributed by atoms with Gasteiger partial charge in [-0.05, 0) is 60.9 Å². The van der Waals surface area contributed by atoms with Crippen LogP contribution in [0.2, 0.25) is 10.0 Å². The standard InChI is InChI=1S/C31H36Cl2N4O5S2/c1-20(2)17-24(34-29(38)27-18-21-7-3-4-9-26(21)43-27)30(39)35-13-15-36(16-14-35)31(40)25-8-5-6-12-37(25)44(41,42)28-11-10-22(32)19-23(28)33/h3-4,7,9-11,18-20,24-25H,5-6,8,12-17H2,1-2H3,(H,34,38)/t24-,25+/m0/s1. The van der Waals surface area contributed by atoms with Crippen LogP contribution in [0, 0.1) is 5.92 Å². The number of benzene rings is 2. The molecule has 1 N–H and O–H groups in total. The van der Waals surface area contributed by atoms with Crippen molar-refractivity contribution in [2.75, 3.05) is 32.7 Å². The molecule has 1 aromatic heterocycles. The van der Waals surface area contributed by atoms with E-state index in [0.29, 0.717) is 42.3 Å². The molecule has 9 nitrogen and oxygen atoms in total. The summed E-state index contributed by atoms with van der Waals surface area (Å²) in [6.07, 6.45) is 2.26. The van der Waals surface area contributed by atoms with E-state index in [0.717, 1.165) is 16.5 Å². The molecule has 44 heavy (non-hydrogen) atoms. The van der Waals surface area contributed by atoms with Gasteiger partial charge >= 0.3 is 0 Å². The number of carbonyl (C=O) groups excluding carboxylic acids is 3. The molecule has 236 valence electrons. The van der Waals surface area contributed by atoms with E-state index in [9.17, 15) is 22.8 Å². The summed E-state index contributed by atoms with van der Waals surface area (Å²) in [6, 6.07) is 12.3. The van der Waals surface area contributed by atoms with E-state index in [1.165, 1.54) is 33.8 Å². The molecule has 0 unspecified atom stereocenters. The van der Waals surface area contributed by atoms with Crippen LogP contribution in [0.5, 0.6) is 0 Å². The maximum absolute atomic E-state index is 13.7. The van der Waals surface area contributed by atoms with E-state index in [-0.39, 0.29) is 53.2 Å². The minimum atomic E-state index is -4.04. The third-order valence-electron chi connectivity index (χ3n) is 8.08. The van der Waals surface area contributed by atoms with Crippen LogP contribution in [0.15, 0.2) is 53.4 Å². The number of piperazine rings is 1. The van der Waals surface area contributed by atoms with Gasteiger partial charge in [0.25, 0.3) is 5.91 Å². The fraction of sp³-hybridized carbons (Fsp3) is 0.452. The molecule has 5 rings (SSSR count). The quantitative estimate of drug-likeness (QED) is 0.350. The SMILES string of the molecule is CC(C)C[C@H](NC(=O)c1cc2ccccc2s1)C(=O)N1CCN(C(=O)[C@H]2CCCCN2S(=O)(=O)c2ccc(Cl)cc2Cl)CC1. The van der Waals surface area contributed by atoms with Crippen molar-refractivity contribution in [2.45, 2.75) is 56.5 Å². The first-order valence-corrected chi connectivity index (χ1v) is 17.8. The molecule has 3 heterocycles. The summed E-state index contributed by atoms with van der Waals surface area (Å²) in [5.74, 6) is -0.567. The van der Waals surface area contributed by atoms with Gasteiger partial charge in [-0.3, -0.25) is 14.4 Å². The van der Waals surface area contributed by atoms with E-state index < -0.39 is 22.1 Å². The average molecular weight is 680 g/mol. The molecule has 13 heteroatoms. The molecule has 2 saturated heterocycles. The number of rotatable bonds is 8. The number of carbonyl (C=O) groups is 3. The van der Waals surface area contributed by atoms with Gasteiger partial charge in [-0.2, -0.15) is 4.31 Å². The van der Waals surface area contributed by atoms with E-state index in [1.54, 1.807) is 9.80 Å². The number of hydrogen-bond donors (Lipinski definition) is 1.